The highest BCUT2D eigenvalue weighted by Gasteiger charge is 2.31. The number of rotatable bonds is 4. The average Bonchev–Trinajstić information content (AvgIpc) is 2.69. The Balaban J connectivity index is 1.61. The van der Waals surface area contributed by atoms with Crippen molar-refractivity contribution >= 4 is 0 Å². The molecule has 2 nitrogen and oxygen atoms in total. The summed E-state index contributed by atoms with van der Waals surface area (Å²) in [7, 11) is 0. The minimum atomic E-state index is 0.511. The van der Waals surface area contributed by atoms with Crippen molar-refractivity contribution in [1.29, 1.82) is 0 Å². The molecule has 2 aliphatic rings. The molecule has 3 N–H and O–H groups in total. The van der Waals surface area contributed by atoms with E-state index in [0.29, 0.717) is 6.04 Å². The summed E-state index contributed by atoms with van der Waals surface area (Å²) >= 11 is 0. The van der Waals surface area contributed by atoms with Crippen LogP contribution in [0.1, 0.15) is 62.0 Å². The molecule has 0 aromatic heterocycles. The van der Waals surface area contributed by atoms with E-state index in [9.17, 15) is 0 Å². The number of nitrogens with two attached hydrogens (primary N) is 1. The average molecular weight is 258 g/mol. The second-order valence-electron chi connectivity index (χ2n) is 6.36. The van der Waals surface area contributed by atoms with Crippen LogP contribution in [0.2, 0.25) is 0 Å². The van der Waals surface area contributed by atoms with Gasteiger partial charge in [-0.25, -0.2) is 0 Å². The van der Waals surface area contributed by atoms with Crippen molar-refractivity contribution in [3.05, 3.63) is 35.4 Å². The molecule has 2 atom stereocenters. The lowest BCUT2D eigenvalue weighted by atomic mass is 9.72. The van der Waals surface area contributed by atoms with Gasteiger partial charge in [0.2, 0.25) is 0 Å². The van der Waals surface area contributed by atoms with E-state index in [1.165, 1.54) is 51.4 Å². The molecule has 0 radical (unpaired) electrons. The van der Waals surface area contributed by atoms with E-state index in [0.717, 1.165) is 11.8 Å². The first-order valence-corrected chi connectivity index (χ1v) is 7.92. The third-order valence-electron chi connectivity index (χ3n) is 5.18. The van der Waals surface area contributed by atoms with Crippen LogP contribution < -0.4 is 11.3 Å². The van der Waals surface area contributed by atoms with Crippen molar-refractivity contribution < 1.29 is 0 Å². The van der Waals surface area contributed by atoms with Crippen molar-refractivity contribution in [3.8, 4) is 0 Å². The number of nitrogens with one attached hydrogen (secondary N) is 1. The van der Waals surface area contributed by atoms with Crippen LogP contribution in [0.3, 0.4) is 0 Å². The molecule has 1 aromatic carbocycles. The normalized spacial score (nSPS) is 25.2. The zero-order valence-corrected chi connectivity index (χ0v) is 11.8. The highest BCUT2D eigenvalue weighted by Crippen LogP contribution is 2.40. The number of benzene rings is 1. The summed E-state index contributed by atoms with van der Waals surface area (Å²) in [6, 6.07) is 9.39. The zero-order valence-electron chi connectivity index (χ0n) is 11.8. The fourth-order valence-electron chi connectivity index (χ4n) is 3.99. The summed E-state index contributed by atoms with van der Waals surface area (Å²) in [5, 5.41) is 0. The Morgan fingerprint density at radius 1 is 1.11 bits per heavy atom. The SMILES string of the molecule is NNC(CC1Cc2ccccc21)C1CCCCCC1. The topological polar surface area (TPSA) is 38.0 Å². The van der Waals surface area contributed by atoms with Gasteiger partial charge in [-0.15, -0.1) is 0 Å². The van der Waals surface area contributed by atoms with Gasteiger partial charge >= 0.3 is 0 Å². The minimum absolute atomic E-state index is 0.511. The molecule has 2 heteroatoms. The fourth-order valence-corrected chi connectivity index (χ4v) is 3.99. The lowest BCUT2D eigenvalue weighted by molar-refractivity contribution is 0.285. The molecular weight excluding hydrogens is 232 g/mol. The van der Waals surface area contributed by atoms with Crippen molar-refractivity contribution in [2.45, 2.75) is 63.3 Å². The highest BCUT2D eigenvalue weighted by atomic mass is 15.2. The molecule has 0 aliphatic heterocycles. The molecule has 19 heavy (non-hydrogen) atoms. The van der Waals surface area contributed by atoms with Gasteiger partial charge in [0.1, 0.15) is 0 Å². The Kier molecular flexibility index (Phi) is 4.19. The molecule has 0 bridgehead atoms. The molecule has 1 fully saturated rings. The molecule has 104 valence electrons. The first-order chi connectivity index (χ1) is 9.38. The molecule has 1 saturated carbocycles. The maximum absolute atomic E-state index is 5.85. The summed E-state index contributed by atoms with van der Waals surface area (Å²) in [5.41, 5.74) is 6.24. The third kappa shape index (κ3) is 2.85. The maximum atomic E-state index is 5.85. The Labute approximate surface area is 116 Å². The lowest BCUT2D eigenvalue weighted by Crippen LogP contribution is -2.43. The van der Waals surface area contributed by atoms with Gasteiger partial charge in [0.15, 0.2) is 0 Å². The van der Waals surface area contributed by atoms with Gasteiger partial charge in [-0.2, -0.15) is 0 Å². The van der Waals surface area contributed by atoms with E-state index >= 15 is 0 Å². The van der Waals surface area contributed by atoms with Crippen LogP contribution in [0.5, 0.6) is 0 Å². The zero-order chi connectivity index (χ0) is 13.1. The summed E-state index contributed by atoms with van der Waals surface area (Å²) in [5.74, 6) is 7.38. The van der Waals surface area contributed by atoms with Crippen LogP contribution in [-0.2, 0) is 6.42 Å². The van der Waals surface area contributed by atoms with Crippen LogP contribution >= 0.6 is 0 Å². The predicted octanol–water partition coefficient (Wildman–Crippen LogP) is 3.52. The number of fused-ring (bicyclic) bond motifs is 1. The molecule has 0 amide bonds. The molecular formula is C17H26N2. The smallest absolute Gasteiger partial charge is 0.0244 e. The Hall–Kier alpha value is -0.860. The van der Waals surface area contributed by atoms with Crippen LogP contribution in [0.4, 0.5) is 0 Å². The monoisotopic (exact) mass is 258 g/mol. The second kappa shape index (κ2) is 6.06. The fraction of sp³-hybridized carbons (Fsp3) is 0.647. The molecule has 1 aromatic rings. The van der Waals surface area contributed by atoms with Crippen molar-refractivity contribution in [1.82, 2.24) is 5.43 Å². The van der Waals surface area contributed by atoms with E-state index < -0.39 is 0 Å². The van der Waals surface area contributed by atoms with Gasteiger partial charge in [-0.3, -0.25) is 11.3 Å². The Morgan fingerprint density at radius 2 is 1.84 bits per heavy atom. The quantitative estimate of drug-likeness (QED) is 0.492. The second-order valence-corrected chi connectivity index (χ2v) is 6.36. The van der Waals surface area contributed by atoms with E-state index in [4.69, 9.17) is 5.84 Å². The molecule has 3 rings (SSSR count). The summed E-state index contributed by atoms with van der Waals surface area (Å²) in [6.45, 7) is 0. The number of hydrogen-bond acceptors (Lipinski definition) is 2. The van der Waals surface area contributed by atoms with E-state index in [1.807, 2.05) is 0 Å². The first-order valence-electron chi connectivity index (χ1n) is 7.92. The van der Waals surface area contributed by atoms with Gasteiger partial charge in [-0.05, 0) is 48.6 Å². The Morgan fingerprint density at radius 3 is 2.53 bits per heavy atom. The van der Waals surface area contributed by atoms with Gasteiger partial charge in [0.05, 0.1) is 0 Å². The van der Waals surface area contributed by atoms with Crippen LogP contribution in [0.25, 0.3) is 0 Å². The van der Waals surface area contributed by atoms with E-state index in [2.05, 4.69) is 29.7 Å². The van der Waals surface area contributed by atoms with Crippen LogP contribution in [-0.4, -0.2) is 6.04 Å². The Bertz CT molecular complexity index is 407. The summed E-state index contributed by atoms with van der Waals surface area (Å²) < 4.78 is 0. The molecule has 0 spiro atoms. The molecule has 0 saturated heterocycles. The lowest BCUT2D eigenvalue weighted by Gasteiger charge is -2.35. The molecule has 2 aliphatic carbocycles. The predicted molar refractivity (Wildman–Crippen MR) is 79.8 cm³/mol. The largest absolute Gasteiger partial charge is 0.271 e. The highest BCUT2D eigenvalue weighted by molar-refractivity contribution is 5.39. The van der Waals surface area contributed by atoms with E-state index in [1.54, 1.807) is 11.1 Å². The van der Waals surface area contributed by atoms with Gasteiger partial charge in [-0.1, -0.05) is 49.9 Å². The minimum Gasteiger partial charge on any atom is -0.271 e. The third-order valence-corrected chi connectivity index (χ3v) is 5.18. The van der Waals surface area contributed by atoms with Gasteiger partial charge in [0, 0.05) is 6.04 Å². The van der Waals surface area contributed by atoms with Crippen molar-refractivity contribution in [2.75, 3.05) is 0 Å². The van der Waals surface area contributed by atoms with Crippen LogP contribution in [0, 0.1) is 5.92 Å². The van der Waals surface area contributed by atoms with Gasteiger partial charge in [0.25, 0.3) is 0 Å². The first kappa shape index (κ1) is 13.1. The van der Waals surface area contributed by atoms with Crippen LogP contribution in [0.15, 0.2) is 24.3 Å². The van der Waals surface area contributed by atoms with E-state index in [-0.39, 0.29) is 0 Å². The molecule has 0 heterocycles. The van der Waals surface area contributed by atoms with Crippen molar-refractivity contribution in [3.63, 3.8) is 0 Å². The summed E-state index contributed by atoms with van der Waals surface area (Å²) in [6.07, 6.45) is 10.8. The van der Waals surface area contributed by atoms with Crippen molar-refractivity contribution in [2.24, 2.45) is 11.8 Å². The number of hydrazine groups is 1. The summed E-state index contributed by atoms with van der Waals surface area (Å²) in [4.78, 5) is 0. The van der Waals surface area contributed by atoms with Gasteiger partial charge < -0.3 is 0 Å². The molecule has 2 unspecified atom stereocenters. The maximum Gasteiger partial charge on any atom is 0.0244 e. The standard InChI is InChI=1S/C17H26N2/c18-19-17(13-7-3-1-2-4-8-13)12-15-11-14-9-5-6-10-16(14)15/h5-6,9-10,13,15,17,19H,1-4,7-8,11-12,18H2. The number of hydrogen-bond donors (Lipinski definition) is 2.